The van der Waals surface area contributed by atoms with Crippen LogP contribution in [0.1, 0.15) is 20.0 Å². The van der Waals surface area contributed by atoms with Crippen LogP contribution in [0.15, 0.2) is 48.5 Å². The van der Waals surface area contributed by atoms with E-state index in [-0.39, 0.29) is 11.5 Å². The van der Waals surface area contributed by atoms with Crippen LogP contribution < -0.4 is 5.32 Å². The highest BCUT2D eigenvalue weighted by molar-refractivity contribution is 7.21. The fourth-order valence-electron chi connectivity index (χ4n) is 2.04. The van der Waals surface area contributed by atoms with Gasteiger partial charge in [-0.05, 0) is 30.3 Å². The Balaban J connectivity index is 1.87. The molecular weight excluding hydrogens is 322 g/mol. The Hall–Kier alpha value is -2.37. The predicted octanol–water partition coefficient (Wildman–Crippen LogP) is 4.51. The van der Waals surface area contributed by atoms with Crippen LogP contribution in [0.3, 0.4) is 0 Å². The van der Waals surface area contributed by atoms with Crippen molar-refractivity contribution in [1.82, 2.24) is 0 Å². The van der Waals surface area contributed by atoms with Crippen molar-refractivity contribution in [1.29, 1.82) is 0 Å². The van der Waals surface area contributed by atoms with Crippen molar-refractivity contribution < 1.29 is 14.7 Å². The van der Waals surface area contributed by atoms with Gasteiger partial charge in [-0.2, -0.15) is 0 Å². The molecule has 2 N–H and O–H groups in total. The lowest BCUT2D eigenvalue weighted by molar-refractivity contribution is 0.0696. The molecule has 1 amide bonds. The van der Waals surface area contributed by atoms with Crippen LogP contribution in [-0.2, 0) is 0 Å². The lowest BCUT2D eigenvalue weighted by atomic mass is 10.2. The molecule has 0 saturated heterocycles. The molecule has 22 heavy (non-hydrogen) atoms. The number of benzene rings is 2. The van der Waals surface area contributed by atoms with E-state index in [1.807, 2.05) is 24.3 Å². The highest BCUT2D eigenvalue weighted by Gasteiger charge is 2.17. The number of thiophene rings is 1. The van der Waals surface area contributed by atoms with E-state index in [9.17, 15) is 9.59 Å². The molecule has 3 rings (SSSR count). The second-order valence-corrected chi connectivity index (χ2v) is 6.01. The number of aromatic carboxylic acids is 1. The smallest absolute Gasteiger partial charge is 0.335 e. The molecule has 3 aromatic rings. The number of fused-ring (bicyclic) bond motifs is 1. The summed E-state index contributed by atoms with van der Waals surface area (Å²) >= 11 is 7.58. The van der Waals surface area contributed by atoms with Gasteiger partial charge in [0.2, 0.25) is 0 Å². The van der Waals surface area contributed by atoms with E-state index >= 15 is 0 Å². The summed E-state index contributed by atoms with van der Waals surface area (Å²) in [6.07, 6.45) is 0. The summed E-state index contributed by atoms with van der Waals surface area (Å²) in [5.74, 6) is -1.32. The minimum Gasteiger partial charge on any atom is -0.478 e. The van der Waals surface area contributed by atoms with Gasteiger partial charge >= 0.3 is 5.97 Å². The Morgan fingerprint density at radius 2 is 1.73 bits per heavy atom. The monoisotopic (exact) mass is 331 g/mol. The number of hydrogen-bond acceptors (Lipinski definition) is 3. The van der Waals surface area contributed by atoms with Gasteiger partial charge in [-0.1, -0.05) is 29.8 Å². The SMILES string of the molecule is O=C(O)c1ccc(NC(=O)c2sc3ccccc3c2Cl)cc1. The van der Waals surface area contributed by atoms with E-state index < -0.39 is 5.97 Å². The molecule has 0 aliphatic rings. The molecule has 4 nitrogen and oxygen atoms in total. The highest BCUT2D eigenvalue weighted by atomic mass is 35.5. The first-order chi connectivity index (χ1) is 10.6. The number of halogens is 1. The second-order valence-electron chi connectivity index (χ2n) is 4.58. The average Bonchev–Trinajstić information content (AvgIpc) is 2.85. The molecule has 0 radical (unpaired) electrons. The zero-order valence-electron chi connectivity index (χ0n) is 11.2. The Morgan fingerprint density at radius 1 is 1.05 bits per heavy atom. The lowest BCUT2D eigenvalue weighted by Crippen LogP contribution is -2.10. The molecule has 0 fully saturated rings. The van der Waals surface area contributed by atoms with Gasteiger partial charge in [-0.25, -0.2) is 4.79 Å². The fraction of sp³-hybridized carbons (Fsp3) is 0. The first kappa shape index (κ1) is 14.6. The van der Waals surface area contributed by atoms with Crippen LogP contribution >= 0.6 is 22.9 Å². The van der Waals surface area contributed by atoms with Gasteiger partial charge in [0, 0.05) is 15.8 Å². The van der Waals surface area contributed by atoms with E-state index in [4.69, 9.17) is 16.7 Å². The summed E-state index contributed by atoms with van der Waals surface area (Å²) in [4.78, 5) is 23.6. The van der Waals surface area contributed by atoms with Gasteiger partial charge in [0.1, 0.15) is 4.88 Å². The Bertz CT molecular complexity index is 871. The molecule has 6 heteroatoms. The minimum absolute atomic E-state index is 0.165. The van der Waals surface area contributed by atoms with E-state index in [0.717, 1.165) is 10.1 Å². The third kappa shape index (κ3) is 2.68. The van der Waals surface area contributed by atoms with Gasteiger partial charge in [0.15, 0.2) is 0 Å². The summed E-state index contributed by atoms with van der Waals surface area (Å²) in [6.45, 7) is 0. The maximum Gasteiger partial charge on any atom is 0.335 e. The molecule has 0 spiro atoms. The number of carboxylic acids is 1. The van der Waals surface area contributed by atoms with Crippen molar-refractivity contribution in [3.8, 4) is 0 Å². The summed E-state index contributed by atoms with van der Waals surface area (Å²) in [6, 6.07) is 13.5. The van der Waals surface area contributed by atoms with Crippen LogP contribution in [0.25, 0.3) is 10.1 Å². The van der Waals surface area contributed by atoms with Crippen LogP contribution in [0, 0.1) is 0 Å². The van der Waals surface area contributed by atoms with Gasteiger partial charge in [0.25, 0.3) is 5.91 Å². The highest BCUT2D eigenvalue weighted by Crippen LogP contribution is 2.35. The predicted molar refractivity (Wildman–Crippen MR) is 88.2 cm³/mol. The molecule has 0 bridgehead atoms. The molecule has 2 aromatic carbocycles. The maximum absolute atomic E-state index is 12.3. The maximum atomic E-state index is 12.3. The molecule has 1 aromatic heterocycles. The molecular formula is C16H10ClNO3S. The Morgan fingerprint density at radius 3 is 2.36 bits per heavy atom. The largest absolute Gasteiger partial charge is 0.478 e. The van der Waals surface area contributed by atoms with Crippen molar-refractivity contribution in [2.75, 3.05) is 5.32 Å². The summed E-state index contributed by atoms with van der Waals surface area (Å²) in [5.41, 5.74) is 0.682. The van der Waals surface area contributed by atoms with E-state index in [0.29, 0.717) is 15.6 Å². The zero-order chi connectivity index (χ0) is 15.7. The van der Waals surface area contributed by atoms with Crippen molar-refractivity contribution in [2.24, 2.45) is 0 Å². The third-order valence-corrected chi connectivity index (χ3v) is 4.81. The number of carbonyl (C=O) groups excluding carboxylic acids is 1. The molecule has 0 saturated carbocycles. The van der Waals surface area contributed by atoms with Gasteiger partial charge in [-0.15, -0.1) is 11.3 Å². The molecule has 1 heterocycles. The number of anilines is 1. The quantitative estimate of drug-likeness (QED) is 0.742. The van der Waals surface area contributed by atoms with Gasteiger partial charge in [-0.3, -0.25) is 4.79 Å². The van der Waals surface area contributed by atoms with E-state index in [1.54, 1.807) is 12.1 Å². The number of amides is 1. The van der Waals surface area contributed by atoms with Gasteiger partial charge < -0.3 is 10.4 Å². The normalized spacial score (nSPS) is 10.6. The number of nitrogens with one attached hydrogen (secondary N) is 1. The Labute approximate surface area is 135 Å². The van der Waals surface area contributed by atoms with E-state index in [2.05, 4.69) is 5.32 Å². The van der Waals surface area contributed by atoms with Crippen molar-refractivity contribution in [3.05, 3.63) is 64.0 Å². The summed E-state index contributed by atoms with van der Waals surface area (Å²) in [5, 5.41) is 12.8. The minimum atomic E-state index is -1.01. The number of rotatable bonds is 3. The Kier molecular flexibility index (Phi) is 3.83. The summed E-state index contributed by atoms with van der Waals surface area (Å²) in [7, 11) is 0. The van der Waals surface area contributed by atoms with Crippen LogP contribution in [0.5, 0.6) is 0 Å². The third-order valence-electron chi connectivity index (χ3n) is 3.13. The van der Waals surface area contributed by atoms with Crippen LogP contribution in [0.2, 0.25) is 5.02 Å². The van der Waals surface area contributed by atoms with Gasteiger partial charge in [0.05, 0.1) is 10.6 Å². The van der Waals surface area contributed by atoms with E-state index in [1.165, 1.54) is 23.5 Å². The van der Waals surface area contributed by atoms with Crippen LogP contribution in [-0.4, -0.2) is 17.0 Å². The molecule has 0 aliphatic heterocycles. The fourth-order valence-corrected chi connectivity index (χ4v) is 3.46. The average molecular weight is 332 g/mol. The second kappa shape index (κ2) is 5.79. The van der Waals surface area contributed by atoms with Crippen molar-refractivity contribution >= 4 is 50.6 Å². The first-order valence-electron chi connectivity index (χ1n) is 6.38. The number of hydrogen-bond donors (Lipinski definition) is 2. The summed E-state index contributed by atoms with van der Waals surface area (Å²) < 4.78 is 0.943. The first-order valence-corrected chi connectivity index (χ1v) is 7.57. The topological polar surface area (TPSA) is 66.4 Å². The number of carbonyl (C=O) groups is 2. The van der Waals surface area contributed by atoms with Crippen LogP contribution in [0.4, 0.5) is 5.69 Å². The molecule has 0 unspecified atom stereocenters. The molecule has 0 aliphatic carbocycles. The van der Waals surface area contributed by atoms with Crippen molar-refractivity contribution in [3.63, 3.8) is 0 Å². The van der Waals surface area contributed by atoms with Crippen molar-refractivity contribution in [2.45, 2.75) is 0 Å². The number of carboxylic acid groups (broad SMARTS) is 1. The molecule has 110 valence electrons. The molecule has 0 atom stereocenters. The lowest BCUT2D eigenvalue weighted by Gasteiger charge is -2.04. The standard InChI is InChI=1S/C16H10ClNO3S/c17-13-11-3-1-2-4-12(11)22-14(13)15(19)18-10-7-5-9(6-8-10)16(20)21/h1-8H,(H,18,19)(H,20,21). The zero-order valence-corrected chi connectivity index (χ0v) is 12.7.